The number of benzene rings is 1. The summed E-state index contributed by atoms with van der Waals surface area (Å²) in [7, 11) is 0. The number of carbonyl (C=O) groups excluding carboxylic acids is 1. The number of nitrogens with one attached hydrogen (secondary N) is 1. The summed E-state index contributed by atoms with van der Waals surface area (Å²) < 4.78 is 0. The van der Waals surface area contributed by atoms with Crippen LogP contribution >= 0.6 is 11.8 Å². The fraction of sp³-hybridized carbons (Fsp3) is 0.200. The number of carbonyl (C=O) groups is 1. The third-order valence-corrected chi connectivity index (χ3v) is 3.68. The van der Waals surface area contributed by atoms with Gasteiger partial charge in [0.1, 0.15) is 0 Å². The lowest BCUT2D eigenvalue weighted by molar-refractivity contribution is 0.102. The van der Waals surface area contributed by atoms with E-state index in [9.17, 15) is 4.79 Å². The normalized spacial score (nSPS) is 10.3. The molecule has 1 aromatic heterocycles. The minimum absolute atomic E-state index is 0.147. The van der Waals surface area contributed by atoms with Gasteiger partial charge in [-0.2, -0.15) is 0 Å². The molecule has 0 unspecified atom stereocenters. The van der Waals surface area contributed by atoms with Crippen LogP contribution in [0.2, 0.25) is 0 Å². The van der Waals surface area contributed by atoms with Gasteiger partial charge < -0.3 is 11.1 Å². The summed E-state index contributed by atoms with van der Waals surface area (Å²) in [4.78, 5) is 17.4. The van der Waals surface area contributed by atoms with Crippen molar-refractivity contribution in [2.45, 2.75) is 18.4 Å². The maximum atomic E-state index is 12.2. The second-order valence-electron chi connectivity index (χ2n) is 4.12. The van der Waals surface area contributed by atoms with Gasteiger partial charge in [-0.15, -0.1) is 11.8 Å². The molecule has 0 aliphatic heterocycles. The fourth-order valence-corrected chi connectivity index (χ4v) is 2.54. The predicted octanol–water partition coefficient (Wildman–Crippen LogP) is 2.90. The van der Waals surface area contributed by atoms with Gasteiger partial charge in [-0.3, -0.25) is 9.78 Å². The Bertz CT molecular complexity index is 601. The Balaban J connectivity index is 2.19. The Morgan fingerprint density at radius 2 is 2.15 bits per heavy atom. The second-order valence-corrected chi connectivity index (χ2v) is 5.43. The Morgan fingerprint density at radius 1 is 1.35 bits per heavy atom. The monoisotopic (exact) mass is 287 g/mol. The maximum absolute atomic E-state index is 12.2. The fourth-order valence-electron chi connectivity index (χ4n) is 1.78. The van der Waals surface area contributed by atoms with Gasteiger partial charge in [0.15, 0.2) is 0 Å². The Morgan fingerprint density at radius 3 is 2.90 bits per heavy atom. The van der Waals surface area contributed by atoms with Gasteiger partial charge in [0.25, 0.3) is 5.91 Å². The lowest BCUT2D eigenvalue weighted by Gasteiger charge is -2.10. The van der Waals surface area contributed by atoms with E-state index in [1.807, 2.05) is 24.3 Å². The van der Waals surface area contributed by atoms with Gasteiger partial charge in [0.2, 0.25) is 0 Å². The smallest absolute Gasteiger partial charge is 0.255 e. The lowest BCUT2D eigenvalue weighted by atomic mass is 10.2. The first-order chi connectivity index (χ1) is 9.74. The summed E-state index contributed by atoms with van der Waals surface area (Å²) in [5.74, 6) is 0.811. The number of amides is 1. The first kappa shape index (κ1) is 14.6. The number of rotatable bonds is 5. The van der Waals surface area contributed by atoms with Crippen LogP contribution in [0.25, 0.3) is 0 Å². The molecule has 0 aliphatic rings. The quantitative estimate of drug-likeness (QED) is 0.830. The van der Waals surface area contributed by atoms with Gasteiger partial charge in [-0.1, -0.05) is 19.1 Å². The number of thioether (sulfide) groups is 1. The van der Waals surface area contributed by atoms with Crippen molar-refractivity contribution in [2.24, 2.45) is 5.73 Å². The first-order valence-electron chi connectivity index (χ1n) is 6.42. The molecule has 0 fully saturated rings. The number of pyridine rings is 1. The molecule has 4 nitrogen and oxygen atoms in total. The maximum Gasteiger partial charge on any atom is 0.255 e. The number of nitrogens with zero attached hydrogens (tertiary/aromatic N) is 1. The Labute approximate surface area is 122 Å². The van der Waals surface area contributed by atoms with Crippen molar-refractivity contribution in [1.82, 2.24) is 4.98 Å². The third kappa shape index (κ3) is 3.59. The molecule has 2 aromatic rings. The number of anilines is 1. The highest BCUT2D eigenvalue weighted by molar-refractivity contribution is 7.99. The van der Waals surface area contributed by atoms with Gasteiger partial charge in [0, 0.05) is 23.2 Å². The van der Waals surface area contributed by atoms with E-state index >= 15 is 0 Å². The summed E-state index contributed by atoms with van der Waals surface area (Å²) in [5, 5.41) is 2.93. The van der Waals surface area contributed by atoms with Crippen LogP contribution in [0.4, 0.5) is 5.69 Å². The van der Waals surface area contributed by atoms with E-state index in [2.05, 4.69) is 17.2 Å². The molecule has 1 amide bonds. The summed E-state index contributed by atoms with van der Waals surface area (Å²) >= 11 is 1.70. The SMILES string of the molecule is CCSc1ccccc1NC(=O)c1ccnc(CN)c1. The average Bonchev–Trinajstić information content (AvgIpc) is 2.49. The van der Waals surface area contributed by atoms with Crippen LogP contribution in [0.15, 0.2) is 47.5 Å². The van der Waals surface area contributed by atoms with E-state index in [1.54, 1.807) is 30.1 Å². The molecule has 0 spiro atoms. The van der Waals surface area contributed by atoms with Gasteiger partial charge in [-0.05, 0) is 30.0 Å². The summed E-state index contributed by atoms with van der Waals surface area (Å²) in [6.45, 7) is 2.41. The van der Waals surface area contributed by atoms with Gasteiger partial charge in [-0.25, -0.2) is 0 Å². The molecular weight excluding hydrogens is 270 g/mol. The van der Waals surface area contributed by atoms with Crippen molar-refractivity contribution < 1.29 is 4.79 Å². The molecule has 1 aromatic carbocycles. The zero-order chi connectivity index (χ0) is 14.4. The summed E-state index contributed by atoms with van der Waals surface area (Å²) in [6, 6.07) is 11.2. The molecule has 5 heteroatoms. The molecule has 0 radical (unpaired) electrons. The summed E-state index contributed by atoms with van der Waals surface area (Å²) in [6.07, 6.45) is 1.60. The van der Waals surface area contributed by atoms with Crippen molar-refractivity contribution in [3.05, 3.63) is 53.9 Å². The zero-order valence-electron chi connectivity index (χ0n) is 11.3. The van der Waals surface area contributed by atoms with Crippen LogP contribution in [0, 0.1) is 0 Å². The van der Waals surface area contributed by atoms with Crippen molar-refractivity contribution in [3.8, 4) is 0 Å². The molecule has 3 N–H and O–H groups in total. The van der Waals surface area contributed by atoms with Crippen molar-refractivity contribution in [3.63, 3.8) is 0 Å². The van der Waals surface area contributed by atoms with Crippen molar-refractivity contribution in [1.29, 1.82) is 0 Å². The first-order valence-corrected chi connectivity index (χ1v) is 7.41. The van der Waals surface area contributed by atoms with E-state index < -0.39 is 0 Å². The topological polar surface area (TPSA) is 68.0 Å². The van der Waals surface area contributed by atoms with E-state index in [0.717, 1.165) is 16.3 Å². The minimum atomic E-state index is -0.147. The Kier molecular flexibility index (Phi) is 5.15. The second kappa shape index (κ2) is 7.07. The van der Waals surface area contributed by atoms with Gasteiger partial charge in [0.05, 0.1) is 11.4 Å². The van der Waals surface area contributed by atoms with Crippen LogP contribution in [0.1, 0.15) is 23.0 Å². The molecule has 1 heterocycles. The van der Waals surface area contributed by atoms with E-state index in [-0.39, 0.29) is 5.91 Å². The molecule has 20 heavy (non-hydrogen) atoms. The van der Waals surface area contributed by atoms with E-state index in [4.69, 9.17) is 5.73 Å². The van der Waals surface area contributed by atoms with Gasteiger partial charge >= 0.3 is 0 Å². The van der Waals surface area contributed by atoms with Crippen molar-refractivity contribution >= 4 is 23.4 Å². The number of aromatic nitrogens is 1. The molecule has 0 saturated heterocycles. The standard InChI is InChI=1S/C15H17N3OS/c1-2-20-14-6-4-3-5-13(14)18-15(19)11-7-8-17-12(9-11)10-16/h3-9H,2,10,16H2,1H3,(H,18,19). The molecule has 0 atom stereocenters. The van der Waals surface area contributed by atoms with E-state index in [0.29, 0.717) is 17.8 Å². The highest BCUT2D eigenvalue weighted by Crippen LogP contribution is 2.26. The lowest BCUT2D eigenvalue weighted by Crippen LogP contribution is -2.13. The molecule has 0 aliphatic carbocycles. The zero-order valence-corrected chi connectivity index (χ0v) is 12.1. The number of hydrogen-bond donors (Lipinski definition) is 2. The highest BCUT2D eigenvalue weighted by Gasteiger charge is 2.09. The molecule has 104 valence electrons. The number of nitrogens with two attached hydrogens (primary N) is 1. The molecule has 0 bridgehead atoms. The van der Waals surface area contributed by atoms with Crippen LogP contribution in [-0.4, -0.2) is 16.6 Å². The number of hydrogen-bond acceptors (Lipinski definition) is 4. The van der Waals surface area contributed by atoms with Crippen LogP contribution < -0.4 is 11.1 Å². The Hall–Kier alpha value is -1.85. The largest absolute Gasteiger partial charge is 0.325 e. The summed E-state index contributed by atoms with van der Waals surface area (Å²) in [5.41, 5.74) is 7.64. The average molecular weight is 287 g/mol. The predicted molar refractivity (Wildman–Crippen MR) is 82.9 cm³/mol. The highest BCUT2D eigenvalue weighted by atomic mass is 32.2. The van der Waals surface area contributed by atoms with Crippen LogP contribution in [0.3, 0.4) is 0 Å². The van der Waals surface area contributed by atoms with Crippen molar-refractivity contribution in [2.75, 3.05) is 11.1 Å². The van der Waals surface area contributed by atoms with E-state index in [1.165, 1.54) is 0 Å². The van der Waals surface area contributed by atoms with Crippen LogP contribution in [-0.2, 0) is 6.54 Å². The third-order valence-electron chi connectivity index (χ3n) is 2.72. The molecular formula is C15H17N3OS. The minimum Gasteiger partial charge on any atom is -0.325 e. The number of para-hydroxylation sites is 1. The molecule has 2 rings (SSSR count). The molecule has 0 saturated carbocycles. The van der Waals surface area contributed by atoms with Crippen LogP contribution in [0.5, 0.6) is 0 Å².